The summed E-state index contributed by atoms with van der Waals surface area (Å²) in [5, 5.41) is 0.0352. The second-order valence-electron chi connectivity index (χ2n) is 9.77. The predicted molar refractivity (Wildman–Crippen MR) is 142 cm³/mol. The summed E-state index contributed by atoms with van der Waals surface area (Å²) in [5.74, 6) is 1.31. The number of aromatic nitrogens is 4. The number of benzene rings is 1. The van der Waals surface area contributed by atoms with E-state index >= 15 is 0 Å². The molecule has 1 saturated carbocycles. The van der Waals surface area contributed by atoms with E-state index in [1.54, 1.807) is 30.6 Å². The monoisotopic (exact) mass is 549 g/mol. The van der Waals surface area contributed by atoms with Gasteiger partial charge in [0.05, 0.1) is 26.7 Å². The smallest absolute Gasteiger partial charge is 0.479 e. The van der Waals surface area contributed by atoms with E-state index < -0.39 is 13.2 Å². The van der Waals surface area contributed by atoms with Crippen LogP contribution in [0.3, 0.4) is 0 Å². The van der Waals surface area contributed by atoms with Crippen LogP contribution in [0.1, 0.15) is 39.7 Å². The van der Waals surface area contributed by atoms with Crippen molar-refractivity contribution in [1.82, 2.24) is 19.5 Å². The summed E-state index contributed by atoms with van der Waals surface area (Å²) >= 11 is 1.14. The number of anilines is 1. The van der Waals surface area contributed by atoms with Gasteiger partial charge in [-0.15, -0.1) is 0 Å². The normalized spacial score (nSPS) is 19.2. The first kappa shape index (κ1) is 27.4. The number of nitrogen functional groups attached to an aromatic ring is 1. The lowest BCUT2D eigenvalue weighted by Crippen LogP contribution is -2.30. The second-order valence-corrected chi connectivity index (χ2v) is 12.4. The molecule has 3 aromatic rings. The number of carbonyl (C=O) groups is 1. The number of phosphoric acid groups is 1. The third kappa shape index (κ3) is 6.81. The van der Waals surface area contributed by atoms with E-state index in [4.69, 9.17) is 24.0 Å². The van der Waals surface area contributed by atoms with Crippen LogP contribution in [0.15, 0.2) is 36.7 Å². The molecule has 2 aromatic heterocycles. The molecule has 11 nitrogen and oxygen atoms in total. The van der Waals surface area contributed by atoms with Crippen LogP contribution in [0.4, 0.5) is 5.95 Å². The van der Waals surface area contributed by atoms with Crippen molar-refractivity contribution >= 4 is 41.8 Å². The number of hydrogen-bond donors (Lipinski definition) is 1. The third-order valence-corrected chi connectivity index (χ3v) is 8.46. The fraction of sp³-hybridized carbons (Fsp3) is 0.500. The van der Waals surface area contributed by atoms with Gasteiger partial charge < -0.3 is 19.6 Å². The zero-order valence-corrected chi connectivity index (χ0v) is 23.0. The van der Waals surface area contributed by atoms with Crippen molar-refractivity contribution in [2.24, 2.45) is 11.3 Å². The van der Waals surface area contributed by atoms with Crippen molar-refractivity contribution in [2.45, 2.75) is 39.7 Å². The Balaban J connectivity index is 1.35. The molecule has 0 aliphatic heterocycles. The number of ether oxygens (including phenoxy) is 1. The Hall–Kier alpha value is -2.66. The van der Waals surface area contributed by atoms with Crippen molar-refractivity contribution < 1.29 is 27.7 Å². The summed E-state index contributed by atoms with van der Waals surface area (Å²) in [5.41, 5.74) is 6.51. The van der Waals surface area contributed by atoms with Crippen molar-refractivity contribution in [3.63, 3.8) is 0 Å². The van der Waals surface area contributed by atoms with E-state index in [1.807, 2.05) is 31.4 Å². The van der Waals surface area contributed by atoms with E-state index in [0.717, 1.165) is 24.6 Å². The maximum atomic E-state index is 13.4. The number of nitrogens with zero attached hydrogens (tertiary/aromatic N) is 4. The highest BCUT2D eigenvalue weighted by Gasteiger charge is 2.36. The summed E-state index contributed by atoms with van der Waals surface area (Å²) in [6.45, 7) is 5.81. The van der Waals surface area contributed by atoms with Gasteiger partial charge in [-0.2, -0.15) is 9.97 Å². The molecular formula is C24H32N5O6PS. The number of fused-ring (bicyclic) bond motifs is 1. The summed E-state index contributed by atoms with van der Waals surface area (Å²) in [6.07, 6.45) is 3.23. The van der Waals surface area contributed by atoms with Gasteiger partial charge in [-0.3, -0.25) is 13.8 Å². The maximum Gasteiger partial charge on any atom is 0.530 e. The molecule has 200 valence electrons. The van der Waals surface area contributed by atoms with Crippen LogP contribution in [0.5, 0.6) is 11.6 Å². The first-order valence-corrected chi connectivity index (χ1v) is 14.4. The van der Waals surface area contributed by atoms with Crippen LogP contribution in [-0.4, -0.2) is 50.7 Å². The minimum Gasteiger partial charge on any atom is -0.479 e. The van der Waals surface area contributed by atoms with Gasteiger partial charge in [-0.25, -0.2) is 9.55 Å². The lowest BCUT2D eigenvalue weighted by Gasteiger charge is -2.36. The van der Waals surface area contributed by atoms with Gasteiger partial charge in [-0.1, -0.05) is 50.7 Å². The number of thioether (sulfide) groups is 1. The number of methoxy groups -OCH3 is 1. The summed E-state index contributed by atoms with van der Waals surface area (Å²) < 4.78 is 37.6. The van der Waals surface area contributed by atoms with E-state index in [1.165, 1.54) is 7.11 Å². The largest absolute Gasteiger partial charge is 0.530 e. The molecule has 0 saturated heterocycles. The van der Waals surface area contributed by atoms with E-state index in [-0.39, 0.29) is 36.2 Å². The van der Waals surface area contributed by atoms with Crippen LogP contribution in [-0.2, 0) is 18.4 Å². The molecule has 1 unspecified atom stereocenters. The number of hydrogen-bond acceptors (Lipinski definition) is 11. The minimum absolute atomic E-state index is 0.0352. The number of carbonyl (C=O) groups excluding carboxylic acids is 1. The number of nitrogens with two attached hydrogens (primary N) is 1. The quantitative estimate of drug-likeness (QED) is 0.258. The third-order valence-electron chi connectivity index (χ3n) is 5.81. The molecule has 1 aromatic carbocycles. The predicted octanol–water partition coefficient (Wildman–Crippen LogP) is 4.89. The maximum absolute atomic E-state index is 13.4. The van der Waals surface area contributed by atoms with Gasteiger partial charge in [0.1, 0.15) is 5.75 Å². The zero-order chi connectivity index (χ0) is 26.6. The average Bonchev–Trinajstić information content (AvgIpc) is 3.23. The number of imidazole rings is 1. The van der Waals surface area contributed by atoms with Crippen molar-refractivity contribution in [3.8, 4) is 11.6 Å². The lowest BCUT2D eigenvalue weighted by molar-refractivity contribution is -0.117. The number of rotatable bonds is 11. The minimum atomic E-state index is -3.91. The van der Waals surface area contributed by atoms with Gasteiger partial charge in [0.15, 0.2) is 16.3 Å². The Morgan fingerprint density at radius 3 is 2.59 bits per heavy atom. The van der Waals surface area contributed by atoms with E-state index in [0.29, 0.717) is 28.5 Å². The Labute approximate surface area is 220 Å². The summed E-state index contributed by atoms with van der Waals surface area (Å²) in [7, 11) is -2.40. The Kier molecular flexibility index (Phi) is 8.42. The Morgan fingerprint density at radius 1 is 1.19 bits per heavy atom. The average molecular weight is 550 g/mol. The zero-order valence-electron chi connectivity index (χ0n) is 21.3. The highest BCUT2D eigenvalue weighted by atomic mass is 32.2. The molecule has 13 heteroatoms. The fourth-order valence-corrected chi connectivity index (χ4v) is 5.95. The first-order valence-electron chi connectivity index (χ1n) is 11.9. The molecule has 4 rings (SSSR count). The van der Waals surface area contributed by atoms with Crippen molar-refractivity contribution in [2.75, 3.05) is 31.8 Å². The second kappa shape index (κ2) is 11.4. The number of phosphoric ester groups is 1. The summed E-state index contributed by atoms with van der Waals surface area (Å²) in [6, 6.07) is 8.87. The molecule has 1 aliphatic carbocycles. The molecule has 0 bridgehead atoms. The highest BCUT2D eigenvalue weighted by molar-refractivity contribution is 8.13. The molecular weight excluding hydrogens is 517 g/mol. The highest BCUT2D eigenvalue weighted by Crippen LogP contribution is 2.51. The van der Waals surface area contributed by atoms with Gasteiger partial charge in [0.2, 0.25) is 11.8 Å². The lowest BCUT2D eigenvalue weighted by atomic mass is 9.81. The van der Waals surface area contributed by atoms with Gasteiger partial charge in [-0.05, 0) is 30.9 Å². The standard InChI is InChI=1S/C24H32N5O6PS/c1-24(2,3)22(30)37-11-10-33-36(31,35-18-8-6-5-7-9-18)34-14-16-12-17(13-16)29-15-26-19-20(29)27-23(25)28-21(19)32-4/h5-9,15-17H,10-14H2,1-4H3,(H2,25,27,28)/t16-,17+,36?. The van der Waals surface area contributed by atoms with Crippen molar-refractivity contribution in [3.05, 3.63) is 36.7 Å². The molecule has 1 aliphatic rings. The van der Waals surface area contributed by atoms with Crippen LogP contribution in [0.2, 0.25) is 0 Å². The topological polar surface area (TPSA) is 141 Å². The van der Waals surface area contributed by atoms with Crippen LogP contribution < -0.4 is 15.0 Å². The fourth-order valence-electron chi connectivity index (χ4n) is 3.78. The SMILES string of the molecule is COc1nc(N)nc2c1ncn2[C@H]1C[C@@H](COP(=O)(OCCSC(=O)C(C)(C)C)Oc2ccccc2)C1. The molecule has 1 fully saturated rings. The molecule has 37 heavy (non-hydrogen) atoms. The molecule has 0 amide bonds. The van der Waals surface area contributed by atoms with Crippen LogP contribution in [0.25, 0.3) is 11.2 Å². The summed E-state index contributed by atoms with van der Waals surface area (Å²) in [4.78, 5) is 24.9. The van der Waals surface area contributed by atoms with E-state index in [9.17, 15) is 9.36 Å². The van der Waals surface area contributed by atoms with Crippen LogP contribution in [0, 0.1) is 11.3 Å². The molecule has 2 heterocycles. The van der Waals surface area contributed by atoms with Gasteiger partial charge in [0.25, 0.3) is 0 Å². The van der Waals surface area contributed by atoms with Crippen LogP contribution >= 0.6 is 19.6 Å². The molecule has 1 atom stereocenters. The first-order chi connectivity index (χ1) is 17.6. The number of para-hydroxylation sites is 1. The molecule has 0 radical (unpaired) electrons. The van der Waals surface area contributed by atoms with E-state index in [2.05, 4.69) is 15.0 Å². The Bertz CT molecular complexity index is 1280. The molecule has 0 spiro atoms. The van der Waals surface area contributed by atoms with Crippen molar-refractivity contribution in [1.29, 1.82) is 0 Å². The van der Waals surface area contributed by atoms with Gasteiger partial charge in [0, 0.05) is 17.2 Å². The molecule has 2 N–H and O–H groups in total. The Morgan fingerprint density at radius 2 is 1.92 bits per heavy atom. The van der Waals surface area contributed by atoms with Gasteiger partial charge >= 0.3 is 7.82 Å².